The van der Waals surface area contributed by atoms with Crippen molar-refractivity contribution >= 4 is 11.3 Å². The number of hydrogen-bond acceptors (Lipinski definition) is 4. The van der Waals surface area contributed by atoms with Gasteiger partial charge in [0.25, 0.3) is 0 Å². The monoisotopic (exact) mass is 240 g/mol. The van der Waals surface area contributed by atoms with Gasteiger partial charge in [0.15, 0.2) is 0 Å². The lowest BCUT2D eigenvalue weighted by atomic mass is 10.0. The smallest absolute Gasteiger partial charge is 0.125 e. The minimum absolute atomic E-state index is 0.0641. The maximum absolute atomic E-state index is 6.00. The third kappa shape index (κ3) is 2.29. The van der Waals surface area contributed by atoms with E-state index in [1.54, 1.807) is 11.3 Å². The first-order chi connectivity index (χ1) is 7.80. The summed E-state index contributed by atoms with van der Waals surface area (Å²) in [6.45, 7) is 3.70. The van der Waals surface area contributed by atoms with E-state index in [0.29, 0.717) is 0 Å². The van der Waals surface area contributed by atoms with Crippen LogP contribution in [0.3, 0.4) is 0 Å². The summed E-state index contributed by atoms with van der Waals surface area (Å²) in [6, 6.07) is 0. The number of nitrogens with one attached hydrogen (secondary N) is 1. The molecule has 1 aromatic rings. The number of aromatic nitrogens is 1. The largest absolute Gasteiger partial charge is 0.368 e. The molecule has 0 amide bonds. The highest BCUT2D eigenvalue weighted by Crippen LogP contribution is 2.43. The highest BCUT2D eigenvalue weighted by Gasteiger charge is 2.38. The van der Waals surface area contributed by atoms with Crippen molar-refractivity contribution in [3.05, 3.63) is 16.1 Å². The molecule has 2 rings (SSSR count). The van der Waals surface area contributed by atoms with Crippen LogP contribution in [-0.4, -0.2) is 18.6 Å². The summed E-state index contributed by atoms with van der Waals surface area (Å²) < 4.78 is 6.00. The maximum Gasteiger partial charge on any atom is 0.125 e. The van der Waals surface area contributed by atoms with Gasteiger partial charge in [0.05, 0.1) is 5.69 Å². The van der Waals surface area contributed by atoms with Crippen LogP contribution < -0.4 is 5.32 Å². The van der Waals surface area contributed by atoms with Crippen LogP contribution in [0.5, 0.6) is 0 Å². The molecule has 0 aromatic carbocycles. The van der Waals surface area contributed by atoms with Gasteiger partial charge >= 0.3 is 0 Å². The van der Waals surface area contributed by atoms with Crippen LogP contribution in [0.1, 0.15) is 43.3 Å². The van der Waals surface area contributed by atoms with Gasteiger partial charge in [0, 0.05) is 18.5 Å². The van der Waals surface area contributed by atoms with Crippen LogP contribution in [-0.2, 0) is 16.9 Å². The topological polar surface area (TPSA) is 34.1 Å². The number of ether oxygens (including phenoxy) is 1. The van der Waals surface area contributed by atoms with Gasteiger partial charge < -0.3 is 10.1 Å². The highest BCUT2D eigenvalue weighted by atomic mass is 32.1. The molecule has 3 nitrogen and oxygen atoms in total. The van der Waals surface area contributed by atoms with Crippen molar-refractivity contribution in [3.8, 4) is 0 Å². The molecule has 0 radical (unpaired) electrons. The van der Waals surface area contributed by atoms with E-state index >= 15 is 0 Å². The second-order valence-corrected chi connectivity index (χ2v) is 5.17. The van der Waals surface area contributed by atoms with Crippen molar-refractivity contribution in [2.45, 2.75) is 44.8 Å². The van der Waals surface area contributed by atoms with E-state index in [0.717, 1.165) is 31.7 Å². The average Bonchev–Trinajstić information content (AvgIpc) is 2.88. The van der Waals surface area contributed by atoms with Crippen molar-refractivity contribution < 1.29 is 4.74 Å². The highest BCUT2D eigenvalue weighted by molar-refractivity contribution is 7.09. The van der Waals surface area contributed by atoms with Crippen molar-refractivity contribution in [2.75, 3.05) is 13.7 Å². The lowest BCUT2D eigenvalue weighted by Gasteiger charge is -2.26. The van der Waals surface area contributed by atoms with Crippen LogP contribution >= 0.6 is 11.3 Å². The first kappa shape index (κ1) is 12.0. The maximum atomic E-state index is 6.00. The Hall–Kier alpha value is -0.450. The standard InChI is InChI=1S/C12H20N2OS/c1-3-15-12(6-4-5-7-12)11-14-10(8-13-2)9-16-11/h9,13H,3-8H2,1-2H3. The number of nitrogens with zero attached hydrogens (tertiary/aromatic N) is 1. The Balaban J connectivity index is 2.18. The van der Waals surface area contributed by atoms with E-state index < -0.39 is 0 Å². The first-order valence-electron chi connectivity index (χ1n) is 6.04. The van der Waals surface area contributed by atoms with Crippen LogP contribution in [0.2, 0.25) is 0 Å². The summed E-state index contributed by atoms with van der Waals surface area (Å²) in [6.07, 6.45) is 4.79. The Labute approximate surface area is 101 Å². The van der Waals surface area contributed by atoms with Gasteiger partial charge in [-0.05, 0) is 26.8 Å². The Morgan fingerprint density at radius 1 is 1.50 bits per heavy atom. The van der Waals surface area contributed by atoms with E-state index in [1.807, 2.05) is 7.05 Å². The SMILES string of the molecule is CCOC1(c2nc(CNC)cs2)CCCC1. The van der Waals surface area contributed by atoms with Gasteiger partial charge in [-0.1, -0.05) is 12.8 Å². The van der Waals surface area contributed by atoms with Crippen molar-refractivity contribution in [1.82, 2.24) is 10.3 Å². The summed E-state index contributed by atoms with van der Waals surface area (Å²) in [5.41, 5.74) is 1.07. The number of thiazole rings is 1. The van der Waals surface area contributed by atoms with E-state index in [-0.39, 0.29) is 5.60 Å². The van der Waals surface area contributed by atoms with Gasteiger partial charge in [-0.15, -0.1) is 11.3 Å². The van der Waals surface area contributed by atoms with Crippen LogP contribution in [0, 0.1) is 0 Å². The Kier molecular flexibility index (Phi) is 3.95. The molecule has 0 spiro atoms. The molecule has 16 heavy (non-hydrogen) atoms. The number of rotatable bonds is 5. The molecule has 4 heteroatoms. The zero-order valence-electron chi connectivity index (χ0n) is 10.1. The molecule has 1 fully saturated rings. The van der Waals surface area contributed by atoms with Gasteiger partial charge in [-0.25, -0.2) is 4.98 Å². The molecule has 1 saturated carbocycles. The lowest BCUT2D eigenvalue weighted by Crippen LogP contribution is -2.26. The average molecular weight is 240 g/mol. The summed E-state index contributed by atoms with van der Waals surface area (Å²) in [7, 11) is 1.95. The number of hydrogen-bond donors (Lipinski definition) is 1. The Morgan fingerprint density at radius 3 is 2.88 bits per heavy atom. The molecule has 1 aliphatic carbocycles. The molecule has 1 aromatic heterocycles. The second-order valence-electron chi connectivity index (χ2n) is 4.31. The van der Waals surface area contributed by atoms with Gasteiger partial charge in [-0.2, -0.15) is 0 Å². The third-order valence-electron chi connectivity index (χ3n) is 3.13. The lowest BCUT2D eigenvalue weighted by molar-refractivity contribution is -0.0392. The van der Waals surface area contributed by atoms with Crippen LogP contribution in [0.25, 0.3) is 0 Å². The van der Waals surface area contributed by atoms with Crippen LogP contribution in [0.4, 0.5) is 0 Å². The summed E-state index contributed by atoms with van der Waals surface area (Å²) in [5.74, 6) is 0. The first-order valence-corrected chi connectivity index (χ1v) is 6.92. The second kappa shape index (κ2) is 5.25. The Morgan fingerprint density at radius 2 is 2.25 bits per heavy atom. The fourth-order valence-electron chi connectivity index (χ4n) is 2.42. The molecule has 0 saturated heterocycles. The third-order valence-corrected chi connectivity index (χ3v) is 4.21. The zero-order valence-corrected chi connectivity index (χ0v) is 10.9. The predicted molar refractivity (Wildman–Crippen MR) is 66.6 cm³/mol. The summed E-state index contributed by atoms with van der Waals surface area (Å²) in [4.78, 5) is 4.70. The molecule has 1 heterocycles. The minimum atomic E-state index is -0.0641. The van der Waals surface area contributed by atoms with Gasteiger partial charge in [-0.3, -0.25) is 0 Å². The Bertz CT molecular complexity index is 332. The summed E-state index contributed by atoms with van der Waals surface area (Å²) >= 11 is 1.75. The quantitative estimate of drug-likeness (QED) is 0.859. The zero-order chi connectivity index (χ0) is 11.4. The molecule has 1 N–H and O–H groups in total. The van der Waals surface area contributed by atoms with Crippen molar-refractivity contribution in [3.63, 3.8) is 0 Å². The molecule has 0 atom stereocenters. The molecular formula is C12H20N2OS. The van der Waals surface area contributed by atoms with E-state index in [2.05, 4.69) is 17.6 Å². The van der Waals surface area contributed by atoms with Crippen molar-refractivity contribution in [1.29, 1.82) is 0 Å². The predicted octanol–water partition coefficient (Wildman–Crippen LogP) is 2.67. The summed E-state index contributed by atoms with van der Waals surface area (Å²) in [5, 5.41) is 6.46. The van der Waals surface area contributed by atoms with Crippen LogP contribution in [0.15, 0.2) is 5.38 Å². The fraction of sp³-hybridized carbons (Fsp3) is 0.750. The van der Waals surface area contributed by atoms with E-state index in [4.69, 9.17) is 9.72 Å². The molecule has 90 valence electrons. The molecule has 1 aliphatic rings. The molecular weight excluding hydrogens is 220 g/mol. The van der Waals surface area contributed by atoms with E-state index in [9.17, 15) is 0 Å². The fourth-order valence-corrected chi connectivity index (χ4v) is 3.45. The molecule has 0 unspecified atom stereocenters. The van der Waals surface area contributed by atoms with Gasteiger partial charge in [0.1, 0.15) is 10.6 Å². The normalized spacial score (nSPS) is 19.1. The minimum Gasteiger partial charge on any atom is -0.368 e. The van der Waals surface area contributed by atoms with Gasteiger partial charge in [0.2, 0.25) is 0 Å². The van der Waals surface area contributed by atoms with E-state index in [1.165, 1.54) is 17.8 Å². The molecule has 0 aliphatic heterocycles. The van der Waals surface area contributed by atoms with Crippen molar-refractivity contribution in [2.24, 2.45) is 0 Å². The molecule has 0 bridgehead atoms.